The van der Waals surface area contributed by atoms with Crippen LogP contribution in [0.1, 0.15) is 218 Å². The molecule has 0 aromatic heterocycles. The van der Waals surface area contributed by atoms with Crippen molar-refractivity contribution in [3.63, 3.8) is 0 Å². The summed E-state index contributed by atoms with van der Waals surface area (Å²) in [5.74, 6) is 2.83. The van der Waals surface area contributed by atoms with E-state index in [2.05, 4.69) is 155 Å². The molecule has 0 aliphatic heterocycles. The molecule has 0 atom stereocenters. The van der Waals surface area contributed by atoms with Crippen LogP contribution in [0.3, 0.4) is 0 Å². The van der Waals surface area contributed by atoms with Crippen LogP contribution in [0.5, 0.6) is 0 Å². The molecule has 0 radical (unpaired) electrons. The Hall–Kier alpha value is -5.08. The predicted octanol–water partition coefficient (Wildman–Crippen LogP) is 20.1. The molecule has 6 aromatic carbocycles. The van der Waals surface area contributed by atoms with Crippen LogP contribution in [0.25, 0.3) is 0 Å². The Morgan fingerprint density at radius 2 is 0.441 bits per heavy atom. The number of hydrogen-bond donors (Lipinski definition) is 0. The molecule has 2 heteroatoms. The van der Waals surface area contributed by atoms with Gasteiger partial charge in [-0.3, -0.25) is 0 Å². The van der Waals surface area contributed by atoms with Crippen molar-refractivity contribution in [2.45, 2.75) is 190 Å². The lowest BCUT2D eigenvalue weighted by Gasteiger charge is -2.39. The third kappa shape index (κ3) is 9.86. The lowest BCUT2D eigenvalue weighted by atomic mass is 9.65. The molecule has 0 N–H and O–H groups in total. The summed E-state index contributed by atoms with van der Waals surface area (Å²) in [5.41, 5.74) is 16.5. The molecule has 0 heterocycles. The second kappa shape index (κ2) is 21.3. The quantitative estimate of drug-likeness (QED) is 0.121. The van der Waals surface area contributed by atoms with E-state index in [0.29, 0.717) is 23.7 Å². The Morgan fingerprint density at radius 3 is 0.676 bits per heavy atom. The summed E-state index contributed by atoms with van der Waals surface area (Å²) in [7, 11) is 0. The van der Waals surface area contributed by atoms with Crippen LogP contribution >= 0.6 is 0 Å². The first-order chi connectivity index (χ1) is 33.7. The molecule has 0 bridgehead atoms. The fourth-order valence-corrected chi connectivity index (χ4v) is 14.0. The van der Waals surface area contributed by atoms with E-state index in [4.69, 9.17) is 0 Å². The van der Waals surface area contributed by atoms with Crippen LogP contribution in [0.4, 0.5) is 34.1 Å². The Labute approximate surface area is 410 Å². The van der Waals surface area contributed by atoms with E-state index in [9.17, 15) is 0 Å². The highest BCUT2D eigenvalue weighted by molar-refractivity contribution is 5.78. The van der Waals surface area contributed by atoms with E-state index in [1.807, 2.05) is 0 Å². The van der Waals surface area contributed by atoms with Gasteiger partial charge >= 0.3 is 0 Å². The maximum atomic E-state index is 2.51. The van der Waals surface area contributed by atoms with Gasteiger partial charge in [-0.05, 0) is 194 Å². The van der Waals surface area contributed by atoms with Gasteiger partial charge in [0.25, 0.3) is 0 Å². The largest absolute Gasteiger partial charge is 0.311 e. The summed E-state index contributed by atoms with van der Waals surface area (Å²) in [5, 5.41) is 0. The zero-order valence-electron chi connectivity index (χ0n) is 41.2. The molecule has 2 nitrogen and oxygen atoms in total. The van der Waals surface area contributed by atoms with Gasteiger partial charge in [0, 0.05) is 39.5 Å². The zero-order chi connectivity index (χ0) is 45.5. The molecule has 5 saturated carbocycles. The maximum Gasteiger partial charge on any atom is 0.0461 e. The van der Waals surface area contributed by atoms with Crippen molar-refractivity contribution in [2.75, 3.05) is 9.80 Å². The molecule has 6 aromatic rings. The summed E-state index contributed by atoms with van der Waals surface area (Å²) in [6.45, 7) is 0. The van der Waals surface area contributed by atoms with Gasteiger partial charge in [-0.1, -0.05) is 169 Å². The summed E-state index contributed by atoms with van der Waals surface area (Å²) in [6, 6.07) is 58.3. The number of anilines is 6. The average molecular weight is 899 g/mol. The van der Waals surface area contributed by atoms with Gasteiger partial charge < -0.3 is 9.80 Å². The molecular weight excluding hydrogens is 821 g/mol. The van der Waals surface area contributed by atoms with Crippen LogP contribution in [-0.4, -0.2) is 0 Å². The zero-order valence-corrected chi connectivity index (χ0v) is 41.2. The highest BCUT2D eigenvalue weighted by Gasteiger charge is 2.36. The summed E-state index contributed by atoms with van der Waals surface area (Å²) < 4.78 is 0. The van der Waals surface area contributed by atoms with Gasteiger partial charge in [0.1, 0.15) is 0 Å². The van der Waals surface area contributed by atoms with Gasteiger partial charge in [-0.15, -0.1) is 0 Å². The van der Waals surface area contributed by atoms with E-state index in [1.54, 1.807) is 0 Å². The van der Waals surface area contributed by atoms with Crippen LogP contribution in [0, 0.1) is 0 Å². The van der Waals surface area contributed by atoms with Gasteiger partial charge in [0.05, 0.1) is 0 Å². The lowest BCUT2D eigenvalue weighted by molar-refractivity contribution is 0.346. The topological polar surface area (TPSA) is 6.48 Å². The minimum atomic E-state index is -0.00243. The second-order valence-electron chi connectivity index (χ2n) is 22.1. The van der Waals surface area contributed by atoms with E-state index >= 15 is 0 Å². The summed E-state index contributed by atoms with van der Waals surface area (Å²) in [6.07, 6.45) is 33.4. The van der Waals surface area contributed by atoms with Crippen LogP contribution < -0.4 is 9.80 Å². The van der Waals surface area contributed by atoms with Crippen LogP contribution in [0.2, 0.25) is 0 Å². The summed E-state index contributed by atoms with van der Waals surface area (Å²) >= 11 is 0. The van der Waals surface area contributed by atoms with Crippen LogP contribution in [0.15, 0.2) is 146 Å². The third-order valence-electron chi connectivity index (χ3n) is 18.0. The normalized spacial score (nSPS) is 19.9. The molecule has 352 valence electrons. The Balaban J connectivity index is 0.904. The van der Waals surface area contributed by atoms with Crippen molar-refractivity contribution in [3.8, 4) is 0 Å². The second-order valence-corrected chi connectivity index (χ2v) is 22.1. The van der Waals surface area contributed by atoms with Gasteiger partial charge in [0.2, 0.25) is 0 Å². The molecule has 11 rings (SSSR count). The van der Waals surface area contributed by atoms with Crippen molar-refractivity contribution < 1.29 is 0 Å². The number of benzene rings is 6. The number of nitrogens with zero attached hydrogens (tertiary/aromatic N) is 2. The van der Waals surface area contributed by atoms with Gasteiger partial charge in [0.15, 0.2) is 0 Å². The molecule has 5 fully saturated rings. The standard InChI is InChI=1S/C66H78N2/c1-6-16-50(17-7-1)54-24-36-60(37-25-54)67(61-38-26-55(27-39-61)51-18-8-2-9-19-51)64-44-32-58(33-45-64)66(48-14-5-15-49-66)59-34-46-65(47-35-59)68(62-40-28-56(29-41-62)52-20-10-3-11-21-52)63-42-30-57(31-43-63)53-22-12-4-13-23-53/h24-47,50-53H,1-23,48-49H2. The molecular formula is C66H78N2. The Bertz CT molecular complexity index is 2170. The first kappa shape index (κ1) is 45.4. The maximum absolute atomic E-state index is 2.51. The molecule has 0 unspecified atom stereocenters. The first-order valence-electron chi connectivity index (χ1n) is 27.9. The Morgan fingerprint density at radius 1 is 0.235 bits per heavy atom. The van der Waals surface area contributed by atoms with Crippen molar-refractivity contribution in [2.24, 2.45) is 0 Å². The Kier molecular flexibility index (Phi) is 14.2. The minimum Gasteiger partial charge on any atom is -0.311 e. The highest BCUT2D eigenvalue weighted by Crippen LogP contribution is 2.48. The lowest BCUT2D eigenvalue weighted by Crippen LogP contribution is -2.30. The van der Waals surface area contributed by atoms with Gasteiger partial charge in [-0.2, -0.15) is 0 Å². The number of rotatable bonds is 12. The van der Waals surface area contributed by atoms with Crippen molar-refractivity contribution in [1.82, 2.24) is 0 Å². The SMILES string of the molecule is c1cc(N(c2ccc(C3CCCCC3)cc2)c2ccc(C3(c4ccc(N(c5ccc(C6CCCCC6)cc5)c5ccc(C6CCCCC6)cc5)cc4)CCCCC3)cc2)ccc1C1CCCCC1. The molecule has 5 aliphatic carbocycles. The van der Waals surface area contributed by atoms with Crippen molar-refractivity contribution in [3.05, 3.63) is 179 Å². The van der Waals surface area contributed by atoms with E-state index in [1.165, 1.54) is 228 Å². The number of hydrogen-bond acceptors (Lipinski definition) is 2. The smallest absolute Gasteiger partial charge is 0.0461 e. The van der Waals surface area contributed by atoms with E-state index in [-0.39, 0.29) is 5.41 Å². The van der Waals surface area contributed by atoms with Crippen LogP contribution in [-0.2, 0) is 5.41 Å². The fourth-order valence-electron chi connectivity index (χ4n) is 14.0. The fraction of sp³-hybridized carbons (Fsp3) is 0.455. The van der Waals surface area contributed by atoms with Gasteiger partial charge in [-0.25, -0.2) is 0 Å². The first-order valence-corrected chi connectivity index (χ1v) is 27.9. The average Bonchev–Trinajstić information content (AvgIpc) is 3.43. The van der Waals surface area contributed by atoms with E-state index in [0.717, 1.165) is 0 Å². The highest BCUT2D eigenvalue weighted by atomic mass is 15.1. The summed E-state index contributed by atoms with van der Waals surface area (Å²) in [4.78, 5) is 5.03. The van der Waals surface area contributed by atoms with Crippen molar-refractivity contribution >= 4 is 34.1 Å². The molecule has 0 spiro atoms. The minimum absolute atomic E-state index is 0.00243. The van der Waals surface area contributed by atoms with E-state index < -0.39 is 0 Å². The third-order valence-corrected chi connectivity index (χ3v) is 18.0. The molecule has 5 aliphatic rings. The molecule has 0 saturated heterocycles. The predicted molar refractivity (Wildman–Crippen MR) is 289 cm³/mol. The monoisotopic (exact) mass is 899 g/mol. The van der Waals surface area contributed by atoms with Crippen molar-refractivity contribution in [1.29, 1.82) is 0 Å². The molecule has 68 heavy (non-hydrogen) atoms. The molecule has 0 amide bonds.